The van der Waals surface area contributed by atoms with E-state index in [2.05, 4.69) is 35.9 Å². The van der Waals surface area contributed by atoms with Crippen molar-refractivity contribution in [2.24, 2.45) is 11.8 Å². The molecule has 0 bridgehead atoms. The second kappa shape index (κ2) is 6.88. The highest BCUT2D eigenvalue weighted by Gasteiger charge is 2.23. The van der Waals surface area contributed by atoms with Crippen LogP contribution in [0.3, 0.4) is 0 Å². The summed E-state index contributed by atoms with van der Waals surface area (Å²) in [5, 5.41) is 3.68. The summed E-state index contributed by atoms with van der Waals surface area (Å²) in [6.07, 6.45) is 2.73. The van der Waals surface area contributed by atoms with Gasteiger partial charge in [-0.1, -0.05) is 20.8 Å². The molecule has 0 radical (unpaired) electrons. The van der Waals surface area contributed by atoms with Crippen LogP contribution in [0.1, 0.15) is 33.6 Å². The standard InChI is InChI=1S/C15H31N3/c1-13(2)11-17-6-8-18(9-7-17)12-15-10-14(3)4-5-16-15/h13-16H,4-12H2,1-3H3. The van der Waals surface area contributed by atoms with Gasteiger partial charge in [0.25, 0.3) is 0 Å². The van der Waals surface area contributed by atoms with E-state index in [0.717, 1.165) is 17.9 Å². The fourth-order valence-electron chi connectivity index (χ4n) is 3.34. The Labute approximate surface area is 113 Å². The van der Waals surface area contributed by atoms with E-state index >= 15 is 0 Å². The molecule has 0 aliphatic carbocycles. The number of hydrogen-bond acceptors (Lipinski definition) is 3. The van der Waals surface area contributed by atoms with Gasteiger partial charge in [0, 0.05) is 45.3 Å². The van der Waals surface area contributed by atoms with Gasteiger partial charge in [-0.25, -0.2) is 0 Å². The van der Waals surface area contributed by atoms with Crippen molar-refractivity contribution in [3.8, 4) is 0 Å². The Morgan fingerprint density at radius 2 is 1.78 bits per heavy atom. The van der Waals surface area contributed by atoms with Crippen LogP contribution in [0, 0.1) is 11.8 Å². The zero-order valence-electron chi connectivity index (χ0n) is 12.5. The lowest BCUT2D eigenvalue weighted by Gasteiger charge is -2.38. The molecule has 1 N–H and O–H groups in total. The Bertz CT molecular complexity index is 234. The molecule has 3 heteroatoms. The molecule has 0 spiro atoms. The average Bonchev–Trinajstić information content (AvgIpc) is 2.31. The van der Waals surface area contributed by atoms with Crippen molar-refractivity contribution in [3.63, 3.8) is 0 Å². The molecular formula is C15H31N3. The SMILES string of the molecule is CC(C)CN1CCN(CC2CC(C)CCN2)CC1. The minimum absolute atomic E-state index is 0.741. The molecule has 2 aliphatic heterocycles. The first-order valence-corrected chi connectivity index (χ1v) is 7.81. The highest BCUT2D eigenvalue weighted by atomic mass is 15.3. The van der Waals surface area contributed by atoms with E-state index in [4.69, 9.17) is 0 Å². The summed E-state index contributed by atoms with van der Waals surface area (Å²) >= 11 is 0. The summed E-state index contributed by atoms with van der Waals surface area (Å²) in [7, 11) is 0. The first kappa shape index (κ1) is 14.3. The molecule has 2 saturated heterocycles. The van der Waals surface area contributed by atoms with Crippen LogP contribution < -0.4 is 5.32 Å². The van der Waals surface area contributed by atoms with Crippen LogP contribution in [0.2, 0.25) is 0 Å². The van der Waals surface area contributed by atoms with Gasteiger partial charge in [0.05, 0.1) is 0 Å². The third kappa shape index (κ3) is 4.52. The van der Waals surface area contributed by atoms with Crippen molar-refractivity contribution < 1.29 is 0 Å². The molecular weight excluding hydrogens is 222 g/mol. The average molecular weight is 253 g/mol. The summed E-state index contributed by atoms with van der Waals surface area (Å²) < 4.78 is 0. The maximum atomic E-state index is 3.68. The molecule has 2 fully saturated rings. The molecule has 2 aliphatic rings. The second-order valence-corrected chi connectivity index (χ2v) is 6.78. The summed E-state index contributed by atoms with van der Waals surface area (Å²) in [6.45, 7) is 15.8. The summed E-state index contributed by atoms with van der Waals surface area (Å²) in [5.74, 6) is 1.72. The van der Waals surface area contributed by atoms with Crippen LogP contribution in [-0.4, -0.2) is 61.7 Å². The molecule has 2 rings (SSSR count). The van der Waals surface area contributed by atoms with E-state index in [1.54, 1.807) is 0 Å². The highest BCUT2D eigenvalue weighted by Crippen LogP contribution is 2.16. The van der Waals surface area contributed by atoms with Crippen molar-refractivity contribution in [3.05, 3.63) is 0 Å². The lowest BCUT2D eigenvalue weighted by Crippen LogP contribution is -2.52. The summed E-state index contributed by atoms with van der Waals surface area (Å²) in [6, 6.07) is 0.741. The third-order valence-corrected chi connectivity index (χ3v) is 4.32. The Hall–Kier alpha value is -0.120. The predicted molar refractivity (Wildman–Crippen MR) is 77.9 cm³/mol. The fourth-order valence-corrected chi connectivity index (χ4v) is 3.34. The Kier molecular flexibility index (Phi) is 5.46. The first-order chi connectivity index (χ1) is 8.63. The Morgan fingerprint density at radius 1 is 1.11 bits per heavy atom. The maximum absolute atomic E-state index is 3.68. The van der Waals surface area contributed by atoms with E-state index in [1.165, 1.54) is 58.7 Å². The molecule has 2 atom stereocenters. The highest BCUT2D eigenvalue weighted by molar-refractivity contribution is 4.82. The van der Waals surface area contributed by atoms with Gasteiger partial charge >= 0.3 is 0 Å². The van der Waals surface area contributed by atoms with Crippen LogP contribution in [0.25, 0.3) is 0 Å². The summed E-state index contributed by atoms with van der Waals surface area (Å²) in [5.41, 5.74) is 0. The molecule has 2 heterocycles. The molecule has 0 saturated carbocycles. The molecule has 0 aromatic heterocycles. The Morgan fingerprint density at radius 3 is 2.39 bits per heavy atom. The lowest BCUT2D eigenvalue weighted by molar-refractivity contribution is 0.107. The van der Waals surface area contributed by atoms with Crippen molar-refractivity contribution in [1.82, 2.24) is 15.1 Å². The van der Waals surface area contributed by atoms with Crippen LogP contribution >= 0.6 is 0 Å². The van der Waals surface area contributed by atoms with Crippen molar-refractivity contribution >= 4 is 0 Å². The molecule has 0 amide bonds. The van der Waals surface area contributed by atoms with Gasteiger partial charge in [0.1, 0.15) is 0 Å². The minimum Gasteiger partial charge on any atom is -0.313 e. The summed E-state index contributed by atoms with van der Waals surface area (Å²) in [4.78, 5) is 5.28. The van der Waals surface area contributed by atoms with Crippen LogP contribution in [0.4, 0.5) is 0 Å². The zero-order chi connectivity index (χ0) is 13.0. The topological polar surface area (TPSA) is 18.5 Å². The number of hydrogen-bond donors (Lipinski definition) is 1. The van der Waals surface area contributed by atoms with Gasteiger partial charge in [-0.05, 0) is 31.2 Å². The van der Waals surface area contributed by atoms with Crippen molar-refractivity contribution in [2.45, 2.75) is 39.7 Å². The minimum atomic E-state index is 0.741. The zero-order valence-corrected chi connectivity index (χ0v) is 12.5. The van der Waals surface area contributed by atoms with Gasteiger partial charge in [0.2, 0.25) is 0 Å². The molecule has 3 nitrogen and oxygen atoms in total. The molecule has 106 valence electrons. The van der Waals surface area contributed by atoms with Gasteiger partial charge in [0.15, 0.2) is 0 Å². The number of rotatable bonds is 4. The lowest BCUT2D eigenvalue weighted by atomic mass is 9.94. The third-order valence-electron chi connectivity index (χ3n) is 4.32. The number of nitrogens with one attached hydrogen (secondary N) is 1. The van der Waals surface area contributed by atoms with Gasteiger partial charge in [-0.3, -0.25) is 4.90 Å². The number of nitrogens with zero attached hydrogens (tertiary/aromatic N) is 2. The van der Waals surface area contributed by atoms with E-state index < -0.39 is 0 Å². The van der Waals surface area contributed by atoms with Crippen LogP contribution in [0.15, 0.2) is 0 Å². The predicted octanol–water partition coefficient (Wildman–Crippen LogP) is 1.65. The van der Waals surface area contributed by atoms with Gasteiger partial charge < -0.3 is 10.2 Å². The normalized spacial score (nSPS) is 32.0. The number of piperazine rings is 1. The van der Waals surface area contributed by atoms with E-state index in [9.17, 15) is 0 Å². The van der Waals surface area contributed by atoms with E-state index in [0.29, 0.717) is 0 Å². The Balaban J connectivity index is 1.66. The molecule has 18 heavy (non-hydrogen) atoms. The quantitative estimate of drug-likeness (QED) is 0.822. The largest absolute Gasteiger partial charge is 0.313 e. The smallest absolute Gasteiger partial charge is 0.0197 e. The molecule has 2 unspecified atom stereocenters. The monoisotopic (exact) mass is 253 g/mol. The molecule has 0 aromatic rings. The van der Waals surface area contributed by atoms with Crippen molar-refractivity contribution in [1.29, 1.82) is 0 Å². The van der Waals surface area contributed by atoms with Gasteiger partial charge in [-0.15, -0.1) is 0 Å². The second-order valence-electron chi connectivity index (χ2n) is 6.78. The van der Waals surface area contributed by atoms with Crippen LogP contribution in [-0.2, 0) is 0 Å². The fraction of sp³-hybridized carbons (Fsp3) is 1.00. The van der Waals surface area contributed by atoms with Crippen LogP contribution in [0.5, 0.6) is 0 Å². The van der Waals surface area contributed by atoms with Gasteiger partial charge in [-0.2, -0.15) is 0 Å². The first-order valence-electron chi connectivity index (χ1n) is 7.81. The van der Waals surface area contributed by atoms with Crippen molar-refractivity contribution in [2.75, 3.05) is 45.8 Å². The van der Waals surface area contributed by atoms with E-state index in [1.807, 2.05) is 0 Å². The molecule has 0 aromatic carbocycles. The van der Waals surface area contributed by atoms with E-state index in [-0.39, 0.29) is 0 Å². The number of piperidine rings is 1. The maximum Gasteiger partial charge on any atom is 0.0197 e.